The molecule has 9 heteroatoms. The molecule has 8 nitrogen and oxygen atoms in total. The Hall–Kier alpha value is -2.55. The van der Waals surface area contributed by atoms with Crippen molar-refractivity contribution in [2.24, 2.45) is 10.2 Å². The second-order valence-corrected chi connectivity index (χ2v) is 4.28. The molecule has 0 bridgehead atoms. The molecule has 3 rings (SSSR count). The van der Waals surface area contributed by atoms with Crippen LogP contribution in [-0.4, -0.2) is 19.6 Å². The van der Waals surface area contributed by atoms with Crippen molar-refractivity contribution in [2.45, 2.75) is 0 Å². The van der Waals surface area contributed by atoms with Gasteiger partial charge in [0.05, 0.1) is 16.3 Å². The van der Waals surface area contributed by atoms with Gasteiger partial charge < -0.3 is 11.5 Å². The van der Waals surface area contributed by atoms with Crippen LogP contribution in [0.1, 0.15) is 0 Å². The third kappa shape index (κ3) is 1.66. The Kier molecular flexibility index (Phi) is 2.38. The number of pyridine rings is 1. The van der Waals surface area contributed by atoms with Gasteiger partial charge in [-0.25, -0.2) is 4.98 Å². The minimum atomic E-state index is 0.201. The molecule has 18 heavy (non-hydrogen) atoms. The van der Waals surface area contributed by atoms with Gasteiger partial charge >= 0.3 is 0 Å². The number of nitrogens with zero attached hydrogens (tertiary/aromatic N) is 5. The zero-order chi connectivity index (χ0) is 12.5. The molecule has 0 atom stereocenters. The zero-order valence-electron chi connectivity index (χ0n) is 9.03. The first-order chi connectivity index (χ1) is 8.75. The largest absolute Gasteiger partial charge is 0.382 e. The normalized spacial score (nSPS) is 11.6. The molecule has 3 aromatic heterocycles. The fraction of sp³-hybridized carbons (Fsp3) is 0. The van der Waals surface area contributed by atoms with Gasteiger partial charge in [0, 0.05) is 6.20 Å². The van der Waals surface area contributed by atoms with E-state index >= 15 is 0 Å². The number of aromatic nitrogens is 4. The van der Waals surface area contributed by atoms with E-state index in [1.165, 1.54) is 11.5 Å². The summed E-state index contributed by atoms with van der Waals surface area (Å²) in [5, 5.41) is 15.1. The van der Waals surface area contributed by atoms with E-state index in [1.807, 2.05) is 6.07 Å². The Bertz CT molecular complexity index is 708. The van der Waals surface area contributed by atoms with Crippen LogP contribution in [0.3, 0.4) is 0 Å². The van der Waals surface area contributed by atoms with Crippen LogP contribution in [0.4, 0.5) is 23.1 Å². The molecule has 0 aliphatic heterocycles. The van der Waals surface area contributed by atoms with E-state index in [0.717, 1.165) is 10.1 Å². The predicted molar refractivity (Wildman–Crippen MR) is 69.0 cm³/mol. The van der Waals surface area contributed by atoms with Crippen LogP contribution < -0.4 is 11.5 Å². The molecule has 0 saturated carbocycles. The maximum atomic E-state index is 5.62. The van der Waals surface area contributed by atoms with Crippen molar-refractivity contribution in [3.63, 3.8) is 0 Å². The Morgan fingerprint density at radius 2 is 2.17 bits per heavy atom. The molecule has 0 aliphatic carbocycles. The van der Waals surface area contributed by atoms with Crippen molar-refractivity contribution in [1.29, 1.82) is 0 Å². The summed E-state index contributed by atoms with van der Waals surface area (Å²) >= 11 is 1.37. The quantitative estimate of drug-likeness (QED) is 0.606. The molecule has 5 N–H and O–H groups in total. The first-order valence-corrected chi connectivity index (χ1v) is 5.73. The van der Waals surface area contributed by atoms with Gasteiger partial charge in [-0.15, -0.1) is 10.2 Å². The maximum absolute atomic E-state index is 5.62. The summed E-state index contributed by atoms with van der Waals surface area (Å²) in [5.41, 5.74) is 11.5. The van der Waals surface area contributed by atoms with Crippen molar-refractivity contribution in [2.75, 3.05) is 11.5 Å². The van der Waals surface area contributed by atoms with E-state index in [1.54, 1.807) is 12.4 Å². The van der Waals surface area contributed by atoms with Gasteiger partial charge in [-0.1, -0.05) is 0 Å². The average Bonchev–Trinajstić information content (AvgIpc) is 2.95. The molecule has 0 fully saturated rings. The number of fused-ring (bicyclic) bond motifs is 1. The molecule has 3 aromatic rings. The number of hydrogen-bond acceptors (Lipinski definition) is 8. The van der Waals surface area contributed by atoms with Crippen molar-refractivity contribution in [1.82, 2.24) is 19.6 Å². The highest BCUT2D eigenvalue weighted by Crippen LogP contribution is 2.30. The highest BCUT2D eigenvalue weighted by Gasteiger charge is 2.08. The number of aromatic amines is 1. The Morgan fingerprint density at radius 1 is 1.28 bits per heavy atom. The van der Waals surface area contributed by atoms with Crippen molar-refractivity contribution in [3.05, 3.63) is 18.5 Å². The lowest BCUT2D eigenvalue weighted by Crippen LogP contribution is -1.84. The molecular weight excluding hydrogens is 252 g/mol. The molecule has 90 valence electrons. The van der Waals surface area contributed by atoms with Crippen molar-refractivity contribution < 1.29 is 0 Å². The summed E-state index contributed by atoms with van der Waals surface area (Å²) in [6.07, 6.45) is 3.35. The molecule has 0 amide bonds. The van der Waals surface area contributed by atoms with E-state index in [9.17, 15) is 0 Å². The van der Waals surface area contributed by atoms with Gasteiger partial charge in [-0.2, -0.15) is 9.47 Å². The standard InChI is InChI=1S/C9H8N8S/c10-7-6(8(11)16-15-7)14-17-9-4-3-13-18-5(4)1-2-12-9/h1-3H,(H5,10,11,15,16). The number of anilines is 2. The second-order valence-electron chi connectivity index (χ2n) is 3.44. The first kappa shape index (κ1) is 10.6. The Morgan fingerprint density at radius 3 is 2.94 bits per heavy atom. The van der Waals surface area contributed by atoms with E-state index in [-0.39, 0.29) is 11.6 Å². The van der Waals surface area contributed by atoms with Crippen LogP contribution in [-0.2, 0) is 0 Å². The van der Waals surface area contributed by atoms with Crippen LogP contribution in [0, 0.1) is 0 Å². The van der Waals surface area contributed by atoms with Crippen LogP contribution in [0.5, 0.6) is 0 Å². The third-order valence-electron chi connectivity index (χ3n) is 2.30. The summed E-state index contributed by atoms with van der Waals surface area (Å²) < 4.78 is 5.07. The summed E-state index contributed by atoms with van der Waals surface area (Å²) in [4.78, 5) is 4.13. The number of hydrogen-bond donors (Lipinski definition) is 3. The van der Waals surface area contributed by atoms with Gasteiger partial charge in [-0.05, 0) is 17.6 Å². The minimum Gasteiger partial charge on any atom is -0.382 e. The Balaban J connectivity index is 2.04. The highest BCUT2D eigenvalue weighted by molar-refractivity contribution is 7.13. The molecule has 0 aliphatic rings. The van der Waals surface area contributed by atoms with Gasteiger partial charge in [-0.3, -0.25) is 5.10 Å². The average molecular weight is 260 g/mol. The monoisotopic (exact) mass is 260 g/mol. The molecule has 0 aromatic carbocycles. The van der Waals surface area contributed by atoms with Gasteiger partial charge in [0.15, 0.2) is 17.3 Å². The third-order valence-corrected chi connectivity index (χ3v) is 3.06. The van der Waals surface area contributed by atoms with E-state index in [2.05, 4.69) is 29.8 Å². The topological polar surface area (TPSA) is 131 Å². The molecule has 0 radical (unpaired) electrons. The smallest absolute Gasteiger partial charge is 0.184 e. The lowest BCUT2D eigenvalue weighted by atomic mass is 10.3. The second kappa shape index (κ2) is 4.04. The minimum absolute atomic E-state index is 0.201. The lowest BCUT2D eigenvalue weighted by Gasteiger charge is -1.93. The fourth-order valence-electron chi connectivity index (χ4n) is 1.43. The summed E-state index contributed by atoms with van der Waals surface area (Å²) in [6, 6.07) is 1.87. The lowest BCUT2D eigenvalue weighted by molar-refractivity contribution is 1.11. The predicted octanol–water partition coefficient (Wildman–Crippen LogP) is 1.99. The number of H-pyrrole nitrogens is 1. The molecular formula is C9H8N8S. The number of azo groups is 1. The van der Waals surface area contributed by atoms with Crippen LogP contribution >= 0.6 is 11.5 Å². The summed E-state index contributed by atoms with van der Waals surface area (Å²) in [7, 11) is 0. The van der Waals surface area contributed by atoms with E-state index in [4.69, 9.17) is 11.5 Å². The SMILES string of the molecule is Nc1n[nH]c(N)c1N=Nc1nccc2sncc12. The molecule has 0 saturated heterocycles. The van der Waals surface area contributed by atoms with Crippen molar-refractivity contribution >= 4 is 44.8 Å². The number of nitrogens with one attached hydrogen (secondary N) is 1. The summed E-state index contributed by atoms with van der Waals surface area (Å²) in [5.74, 6) is 0.944. The summed E-state index contributed by atoms with van der Waals surface area (Å²) in [6.45, 7) is 0. The fourth-order valence-corrected chi connectivity index (χ4v) is 2.06. The first-order valence-electron chi connectivity index (χ1n) is 4.96. The van der Waals surface area contributed by atoms with Gasteiger partial charge in [0.1, 0.15) is 5.82 Å². The molecule has 0 spiro atoms. The van der Waals surface area contributed by atoms with Crippen LogP contribution in [0.2, 0.25) is 0 Å². The van der Waals surface area contributed by atoms with E-state index < -0.39 is 0 Å². The zero-order valence-corrected chi connectivity index (χ0v) is 9.85. The van der Waals surface area contributed by atoms with Gasteiger partial charge in [0.25, 0.3) is 0 Å². The van der Waals surface area contributed by atoms with Crippen LogP contribution in [0.25, 0.3) is 10.1 Å². The van der Waals surface area contributed by atoms with Crippen molar-refractivity contribution in [3.8, 4) is 0 Å². The number of nitrogen functional groups attached to an aromatic ring is 2. The maximum Gasteiger partial charge on any atom is 0.184 e. The van der Waals surface area contributed by atoms with Gasteiger partial charge in [0.2, 0.25) is 0 Å². The van der Waals surface area contributed by atoms with Crippen LogP contribution in [0.15, 0.2) is 28.7 Å². The number of nitrogens with two attached hydrogens (primary N) is 2. The Labute approximate surface area is 105 Å². The highest BCUT2D eigenvalue weighted by atomic mass is 32.1. The number of rotatable bonds is 2. The molecule has 3 heterocycles. The van der Waals surface area contributed by atoms with E-state index in [0.29, 0.717) is 11.5 Å². The molecule has 0 unspecified atom stereocenters.